The Morgan fingerprint density at radius 3 is 2.46 bits per heavy atom. The summed E-state index contributed by atoms with van der Waals surface area (Å²) < 4.78 is 80.2. The predicted molar refractivity (Wildman–Crippen MR) is 120 cm³/mol. The number of ether oxygens (including phenoxy) is 1. The van der Waals surface area contributed by atoms with Crippen LogP contribution >= 0.6 is 0 Å². The highest BCUT2D eigenvalue weighted by Gasteiger charge is 2.60. The van der Waals surface area contributed by atoms with Crippen molar-refractivity contribution in [1.82, 2.24) is 24.6 Å². The zero-order valence-corrected chi connectivity index (χ0v) is 19.0. The normalized spacial score (nSPS) is 12.4. The summed E-state index contributed by atoms with van der Waals surface area (Å²) in [5, 5.41) is 7.59. The Morgan fingerprint density at radius 2 is 1.81 bits per heavy atom. The molecule has 0 spiro atoms. The third-order valence-electron chi connectivity index (χ3n) is 5.57. The molecule has 4 heterocycles. The number of hydrogen-bond acceptors (Lipinski definition) is 7. The molecule has 0 aliphatic carbocycles. The SMILES string of the molecule is CCOC(=O)Cc1ccc(-c2cc(C(F)(F)C(F)(F)F)nc3c2ccc2nc(-c4nnco4)cn23)cc1. The predicted octanol–water partition coefficient (Wildman–Crippen LogP) is 5.36. The van der Waals surface area contributed by atoms with Gasteiger partial charge in [0, 0.05) is 11.6 Å². The van der Waals surface area contributed by atoms with Crippen LogP contribution < -0.4 is 0 Å². The molecule has 0 unspecified atom stereocenters. The van der Waals surface area contributed by atoms with Gasteiger partial charge in [-0.15, -0.1) is 10.2 Å². The summed E-state index contributed by atoms with van der Waals surface area (Å²) in [6.07, 6.45) is -3.45. The number of esters is 1. The second-order valence-corrected chi connectivity index (χ2v) is 7.97. The van der Waals surface area contributed by atoms with Crippen molar-refractivity contribution >= 4 is 22.6 Å². The molecule has 0 N–H and O–H groups in total. The number of nitrogens with zero attached hydrogens (tertiary/aromatic N) is 5. The van der Waals surface area contributed by atoms with Gasteiger partial charge in [0.1, 0.15) is 22.7 Å². The van der Waals surface area contributed by atoms with Crippen LogP contribution in [-0.4, -0.2) is 43.3 Å². The van der Waals surface area contributed by atoms with Gasteiger partial charge in [-0.3, -0.25) is 9.20 Å². The van der Waals surface area contributed by atoms with Gasteiger partial charge in [-0.05, 0) is 41.8 Å². The second kappa shape index (κ2) is 8.91. The summed E-state index contributed by atoms with van der Waals surface area (Å²) in [5.41, 5.74) is -0.234. The van der Waals surface area contributed by atoms with Crippen LogP contribution in [0.3, 0.4) is 0 Å². The van der Waals surface area contributed by atoms with Crippen LogP contribution in [-0.2, 0) is 21.9 Å². The molecule has 190 valence electrons. The van der Waals surface area contributed by atoms with Gasteiger partial charge >= 0.3 is 18.1 Å². The number of benzene rings is 1. The lowest BCUT2D eigenvalue weighted by molar-refractivity contribution is -0.290. The van der Waals surface area contributed by atoms with E-state index >= 15 is 0 Å². The standard InChI is InChI=1S/C24H16F5N5O3/c1-2-36-20(35)9-13-3-5-14(6-4-13)16-10-18(23(25,26)24(27,28)29)32-21-15(16)7-8-19-31-17(11-34(19)21)22-33-30-12-37-22/h3-8,10-12H,2,9H2,1H3. The Hall–Kier alpha value is -4.42. The number of pyridine rings is 2. The molecule has 4 aromatic heterocycles. The van der Waals surface area contributed by atoms with Crippen LogP contribution in [0.1, 0.15) is 18.2 Å². The Bertz CT molecular complexity index is 1600. The highest BCUT2D eigenvalue weighted by Crippen LogP contribution is 2.45. The maximum Gasteiger partial charge on any atom is 0.459 e. The molecule has 0 amide bonds. The fourth-order valence-corrected chi connectivity index (χ4v) is 3.84. The van der Waals surface area contributed by atoms with Crippen molar-refractivity contribution in [2.45, 2.75) is 25.4 Å². The molecular weight excluding hydrogens is 501 g/mol. The number of carbonyl (C=O) groups excluding carboxylic acids is 1. The summed E-state index contributed by atoms with van der Waals surface area (Å²) in [6.45, 7) is 1.89. The van der Waals surface area contributed by atoms with Gasteiger partial charge in [-0.2, -0.15) is 22.0 Å². The minimum absolute atomic E-state index is 0.0171. The van der Waals surface area contributed by atoms with Crippen molar-refractivity contribution in [3.63, 3.8) is 0 Å². The Morgan fingerprint density at radius 1 is 1.05 bits per heavy atom. The first kappa shape index (κ1) is 24.3. The first-order valence-electron chi connectivity index (χ1n) is 10.9. The first-order chi connectivity index (χ1) is 17.6. The summed E-state index contributed by atoms with van der Waals surface area (Å²) in [4.78, 5) is 19.8. The minimum Gasteiger partial charge on any atom is -0.466 e. The zero-order valence-electron chi connectivity index (χ0n) is 19.0. The molecule has 0 saturated carbocycles. The molecule has 1 aromatic carbocycles. The van der Waals surface area contributed by atoms with E-state index in [9.17, 15) is 26.7 Å². The van der Waals surface area contributed by atoms with Gasteiger partial charge in [0.05, 0.1) is 13.0 Å². The van der Waals surface area contributed by atoms with Crippen molar-refractivity contribution < 1.29 is 35.9 Å². The smallest absolute Gasteiger partial charge is 0.459 e. The van der Waals surface area contributed by atoms with Crippen LogP contribution in [0.4, 0.5) is 22.0 Å². The second-order valence-electron chi connectivity index (χ2n) is 7.97. The van der Waals surface area contributed by atoms with Gasteiger partial charge in [0.25, 0.3) is 5.89 Å². The Balaban J connectivity index is 1.71. The van der Waals surface area contributed by atoms with E-state index in [4.69, 9.17) is 9.15 Å². The van der Waals surface area contributed by atoms with Crippen molar-refractivity contribution in [2.75, 3.05) is 6.61 Å². The average molecular weight is 517 g/mol. The number of rotatable bonds is 6. The highest BCUT2D eigenvalue weighted by atomic mass is 19.4. The van der Waals surface area contributed by atoms with Crippen LogP contribution in [0.2, 0.25) is 0 Å². The van der Waals surface area contributed by atoms with E-state index in [1.807, 2.05) is 0 Å². The largest absolute Gasteiger partial charge is 0.466 e. The highest BCUT2D eigenvalue weighted by molar-refractivity contribution is 5.94. The van der Waals surface area contributed by atoms with Crippen LogP contribution in [0, 0.1) is 0 Å². The third-order valence-corrected chi connectivity index (χ3v) is 5.57. The number of aromatic nitrogens is 5. The van der Waals surface area contributed by atoms with Gasteiger partial charge < -0.3 is 9.15 Å². The van der Waals surface area contributed by atoms with Crippen molar-refractivity contribution in [3.8, 4) is 22.7 Å². The lowest BCUT2D eigenvalue weighted by Gasteiger charge is -2.21. The molecule has 5 aromatic rings. The lowest BCUT2D eigenvalue weighted by atomic mass is 9.98. The number of alkyl halides is 5. The molecule has 0 bridgehead atoms. The van der Waals surface area contributed by atoms with Crippen LogP contribution in [0.15, 0.2) is 59.5 Å². The van der Waals surface area contributed by atoms with Crippen LogP contribution in [0.25, 0.3) is 39.4 Å². The summed E-state index contributed by atoms with van der Waals surface area (Å²) >= 11 is 0. The molecule has 0 radical (unpaired) electrons. The molecule has 5 rings (SSSR count). The van der Waals surface area contributed by atoms with Gasteiger partial charge in [0.2, 0.25) is 6.39 Å². The monoisotopic (exact) mass is 517 g/mol. The van der Waals surface area contributed by atoms with Gasteiger partial charge in [-0.1, -0.05) is 24.3 Å². The first-order valence-corrected chi connectivity index (χ1v) is 10.9. The fraction of sp³-hybridized carbons (Fsp3) is 0.208. The number of imidazole rings is 1. The van der Waals surface area contributed by atoms with Crippen molar-refractivity contribution in [2.24, 2.45) is 0 Å². The fourth-order valence-electron chi connectivity index (χ4n) is 3.84. The Kier molecular flexibility index (Phi) is 5.85. The van der Waals surface area contributed by atoms with E-state index in [-0.39, 0.29) is 41.5 Å². The van der Waals surface area contributed by atoms with E-state index in [1.165, 1.54) is 28.8 Å². The molecule has 8 nitrogen and oxygen atoms in total. The molecule has 0 saturated heterocycles. The van der Waals surface area contributed by atoms with E-state index in [2.05, 4.69) is 20.2 Å². The molecule has 0 atom stereocenters. The van der Waals surface area contributed by atoms with E-state index < -0.39 is 23.8 Å². The molecular formula is C24H16F5N5O3. The Labute approximate surface area is 204 Å². The summed E-state index contributed by atoms with van der Waals surface area (Å²) in [6, 6.07) is 10.0. The summed E-state index contributed by atoms with van der Waals surface area (Å²) in [7, 11) is 0. The number of carbonyl (C=O) groups is 1. The van der Waals surface area contributed by atoms with Crippen molar-refractivity contribution in [3.05, 3.63) is 66.3 Å². The van der Waals surface area contributed by atoms with Crippen LogP contribution in [0.5, 0.6) is 0 Å². The third kappa shape index (κ3) is 4.36. The van der Waals surface area contributed by atoms with Gasteiger partial charge in [0.15, 0.2) is 0 Å². The summed E-state index contributed by atoms with van der Waals surface area (Å²) in [5.74, 6) is -5.64. The minimum atomic E-state index is -5.87. The maximum atomic E-state index is 14.5. The molecule has 0 aliphatic heterocycles. The van der Waals surface area contributed by atoms with Gasteiger partial charge in [-0.25, -0.2) is 9.97 Å². The zero-order chi connectivity index (χ0) is 26.4. The maximum absolute atomic E-state index is 14.5. The molecule has 13 heteroatoms. The quantitative estimate of drug-likeness (QED) is 0.221. The van der Waals surface area contributed by atoms with E-state index in [0.29, 0.717) is 16.5 Å². The number of halogens is 5. The molecule has 0 fully saturated rings. The topological polar surface area (TPSA) is 95.4 Å². The number of fused-ring (bicyclic) bond motifs is 3. The molecule has 0 aliphatic rings. The molecule has 37 heavy (non-hydrogen) atoms. The average Bonchev–Trinajstić information content (AvgIpc) is 3.53. The lowest BCUT2D eigenvalue weighted by Crippen LogP contribution is -2.34. The van der Waals surface area contributed by atoms with E-state index in [0.717, 1.165) is 12.5 Å². The number of hydrogen-bond donors (Lipinski definition) is 0. The van der Waals surface area contributed by atoms with Crippen molar-refractivity contribution in [1.29, 1.82) is 0 Å². The van der Waals surface area contributed by atoms with E-state index in [1.54, 1.807) is 25.1 Å².